The van der Waals surface area contributed by atoms with Crippen LogP contribution in [0.25, 0.3) is 0 Å². The van der Waals surface area contributed by atoms with Crippen molar-refractivity contribution in [3.8, 4) is 0 Å². The van der Waals surface area contributed by atoms with Gasteiger partial charge in [0.2, 0.25) is 0 Å². The molecule has 0 bridgehead atoms. The van der Waals surface area contributed by atoms with E-state index in [-0.39, 0.29) is 0 Å². The molecule has 0 amide bonds. The molecule has 1 aromatic rings. The summed E-state index contributed by atoms with van der Waals surface area (Å²) >= 11 is 3.75. The Morgan fingerprint density at radius 1 is 1.04 bits per heavy atom. The largest absolute Gasteiger partial charge is 0.379 e. The first-order valence-corrected chi connectivity index (χ1v) is 11.9. The van der Waals surface area contributed by atoms with Gasteiger partial charge in [0.15, 0.2) is 8.24 Å². The molecule has 23 heavy (non-hydrogen) atoms. The zero-order valence-corrected chi connectivity index (χ0v) is 18.2. The average molecular weight is 401 g/mol. The van der Waals surface area contributed by atoms with Gasteiger partial charge < -0.3 is 8.97 Å². The van der Waals surface area contributed by atoms with Crippen LogP contribution in [-0.2, 0) is 11.3 Å². The fourth-order valence-corrected chi connectivity index (χ4v) is 12.1. The molecule has 1 aliphatic rings. The van der Waals surface area contributed by atoms with E-state index in [1.165, 1.54) is 10.2 Å². The molecular weight excluding hydrogens is 368 g/mol. The van der Waals surface area contributed by atoms with Crippen molar-refractivity contribution < 1.29 is 4.74 Å². The maximum absolute atomic E-state index is 5.51. The predicted molar refractivity (Wildman–Crippen MR) is 105 cm³/mol. The third-order valence-corrected chi connectivity index (χ3v) is 12.8. The van der Waals surface area contributed by atoms with E-state index in [1.54, 1.807) is 0 Å². The van der Waals surface area contributed by atoms with E-state index in [0.717, 1.165) is 32.8 Å². The zero-order valence-electron chi connectivity index (χ0n) is 15.6. The van der Waals surface area contributed by atoms with Crippen LogP contribution in [0.15, 0.2) is 16.7 Å². The number of hydrogen-bond donors (Lipinski definition) is 0. The van der Waals surface area contributed by atoms with Gasteiger partial charge in [0.25, 0.3) is 0 Å². The molecule has 1 fully saturated rings. The maximum Gasteiger partial charge on any atom is 0.169 e. The highest BCUT2D eigenvalue weighted by molar-refractivity contribution is 9.10. The molecule has 0 radical (unpaired) electrons. The molecule has 3 nitrogen and oxygen atoms in total. The van der Waals surface area contributed by atoms with Crippen LogP contribution < -0.4 is 0 Å². The minimum absolute atomic E-state index is 0.713. The van der Waals surface area contributed by atoms with E-state index in [0.29, 0.717) is 16.6 Å². The fourth-order valence-electron chi connectivity index (χ4n) is 4.78. The number of hydrogen-bond acceptors (Lipinski definition) is 2. The summed E-state index contributed by atoms with van der Waals surface area (Å²) in [7, 11) is -1.68. The summed E-state index contributed by atoms with van der Waals surface area (Å²) in [6.45, 7) is 19.4. The molecule has 0 aliphatic carbocycles. The van der Waals surface area contributed by atoms with Gasteiger partial charge in [-0.3, -0.25) is 4.90 Å². The van der Waals surface area contributed by atoms with Gasteiger partial charge in [-0.1, -0.05) is 41.5 Å². The van der Waals surface area contributed by atoms with Gasteiger partial charge in [-0.25, -0.2) is 0 Å². The maximum atomic E-state index is 5.51. The number of morpholine rings is 1. The Morgan fingerprint density at radius 3 is 2.04 bits per heavy atom. The van der Waals surface area contributed by atoms with Crippen LogP contribution in [0.2, 0.25) is 16.6 Å². The second-order valence-electron chi connectivity index (χ2n) is 7.76. The Labute approximate surface area is 151 Å². The molecule has 2 rings (SSSR count). The van der Waals surface area contributed by atoms with Gasteiger partial charge in [0.05, 0.1) is 13.2 Å². The van der Waals surface area contributed by atoms with Crippen LogP contribution >= 0.6 is 15.9 Å². The van der Waals surface area contributed by atoms with Crippen LogP contribution in [-0.4, -0.2) is 43.7 Å². The number of ether oxygens (including phenoxy) is 1. The SMILES string of the molecule is CC(C)[Si](C(C)C)(C(C)C)n1cc(Br)cc1CN1CCOCC1. The third kappa shape index (κ3) is 3.78. The standard InChI is InChI=1S/C18H33BrN2OSi/c1-14(2)23(15(3)4,16(5)6)21-12-17(19)11-18(21)13-20-7-9-22-10-8-20/h11-12,14-16H,7-10,13H2,1-6H3. The summed E-state index contributed by atoms with van der Waals surface area (Å²) in [6.07, 6.45) is 2.36. The minimum atomic E-state index is -1.68. The minimum Gasteiger partial charge on any atom is -0.379 e. The summed E-state index contributed by atoms with van der Waals surface area (Å²) in [4.78, 5) is 2.53. The van der Waals surface area contributed by atoms with Crippen LogP contribution in [0, 0.1) is 0 Å². The second kappa shape index (κ2) is 7.85. The van der Waals surface area contributed by atoms with Gasteiger partial charge in [0, 0.05) is 36.0 Å². The quantitative estimate of drug-likeness (QED) is 0.617. The van der Waals surface area contributed by atoms with Crippen molar-refractivity contribution in [1.29, 1.82) is 0 Å². The summed E-state index contributed by atoms with van der Waals surface area (Å²) in [5.74, 6) is 0. The lowest BCUT2D eigenvalue weighted by atomic mass is 10.3. The van der Waals surface area contributed by atoms with E-state index in [2.05, 4.69) is 78.9 Å². The summed E-state index contributed by atoms with van der Waals surface area (Å²) < 4.78 is 9.44. The highest BCUT2D eigenvalue weighted by Gasteiger charge is 2.46. The van der Waals surface area contributed by atoms with Gasteiger partial charge in [-0.05, 0) is 38.6 Å². The Hall–Kier alpha value is -0.103. The van der Waals surface area contributed by atoms with Crippen LogP contribution in [0.4, 0.5) is 0 Å². The summed E-state index contributed by atoms with van der Waals surface area (Å²) in [5, 5.41) is 0. The zero-order chi connectivity index (χ0) is 17.2. The highest BCUT2D eigenvalue weighted by atomic mass is 79.9. The first-order valence-electron chi connectivity index (χ1n) is 8.97. The number of rotatable bonds is 6. The van der Waals surface area contributed by atoms with Crippen molar-refractivity contribution in [2.24, 2.45) is 0 Å². The molecule has 2 heterocycles. The van der Waals surface area contributed by atoms with Crippen molar-refractivity contribution >= 4 is 24.2 Å². The molecule has 0 spiro atoms. The van der Waals surface area contributed by atoms with E-state index in [9.17, 15) is 0 Å². The lowest BCUT2D eigenvalue weighted by molar-refractivity contribution is 0.0335. The average Bonchev–Trinajstić information content (AvgIpc) is 2.80. The van der Waals surface area contributed by atoms with E-state index < -0.39 is 8.24 Å². The van der Waals surface area contributed by atoms with Gasteiger partial charge in [-0.2, -0.15) is 0 Å². The molecule has 0 aromatic carbocycles. The van der Waals surface area contributed by atoms with E-state index in [4.69, 9.17) is 4.74 Å². The van der Waals surface area contributed by atoms with Crippen molar-refractivity contribution in [3.63, 3.8) is 0 Å². The molecule has 0 saturated carbocycles. The van der Waals surface area contributed by atoms with Crippen LogP contribution in [0.5, 0.6) is 0 Å². The topological polar surface area (TPSA) is 17.4 Å². The first-order chi connectivity index (χ1) is 10.8. The van der Waals surface area contributed by atoms with Crippen LogP contribution in [0.3, 0.4) is 0 Å². The Kier molecular flexibility index (Phi) is 6.56. The van der Waals surface area contributed by atoms with E-state index in [1.807, 2.05) is 0 Å². The molecule has 5 heteroatoms. The number of halogens is 1. The molecule has 0 N–H and O–H groups in total. The van der Waals surface area contributed by atoms with Crippen LogP contribution in [0.1, 0.15) is 47.2 Å². The molecular formula is C18H33BrN2OSi. The molecule has 0 unspecified atom stereocenters. The lowest BCUT2D eigenvalue weighted by Crippen LogP contribution is -2.53. The molecule has 1 saturated heterocycles. The summed E-state index contributed by atoms with van der Waals surface area (Å²) in [6, 6.07) is 2.34. The normalized spacial score (nSPS) is 17.7. The van der Waals surface area contributed by atoms with Gasteiger partial charge in [-0.15, -0.1) is 0 Å². The van der Waals surface area contributed by atoms with Gasteiger partial charge in [0.1, 0.15) is 0 Å². The lowest BCUT2D eigenvalue weighted by Gasteiger charge is -2.45. The molecule has 0 atom stereocenters. The Balaban J connectivity index is 2.43. The fraction of sp³-hybridized carbons (Fsp3) is 0.778. The third-order valence-electron chi connectivity index (χ3n) is 5.55. The monoisotopic (exact) mass is 400 g/mol. The van der Waals surface area contributed by atoms with Crippen molar-refractivity contribution in [2.45, 2.75) is 64.7 Å². The molecule has 1 aromatic heterocycles. The predicted octanol–water partition coefficient (Wildman–Crippen LogP) is 5.11. The van der Waals surface area contributed by atoms with Gasteiger partial charge >= 0.3 is 0 Å². The Morgan fingerprint density at radius 2 is 1.57 bits per heavy atom. The van der Waals surface area contributed by atoms with Crippen molar-refractivity contribution in [1.82, 2.24) is 9.13 Å². The highest BCUT2D eigenvalue weighted by Crippen LogP contribution is 2.44. The van der Waals surface area contributed by atoms with Crippen molar-refractivity contribution in [3.05, 3.63) is 22.4 Å². The first kappa shape index (κ1) is 19.2. The number of nitrogens with zero attached hydrogens (tertiary/aromatic N) is 2. The smallest absolute Gasteiger partial charge is 0.169 e. The van der Waals surface area contributed by atoms with E-state index >= 15 is 0 Å². The number of aromatic nitrogens is 1. The second-order valence-corrected chi connectivity index (χ2v) is 14.4. The molecule has 1 aliphatic heterocycles. The summed E-state index contributed by atoms with van der Waals surface area (Å²) in [5.41, 5.74) is 3.61. The van der Waals surface area contributed by atoms with Crippen molar-refractivity contribution in [2.75, 3.05) is 26.3 Å². The Bertz CT molecular complexity index is 485. The molecule has 132 valence electrons.